The second kappa shape index (κ2) is 11.0. The van der Waals surface area contributed by atoms with Gasteiger partial charge in [0.1, 0.15) is 35.4 Å². The van der Waals surface area contributed by atoms with Crippen LogP contribution in [0.5, 0.6) is 0 Å². The molecule has 0 fully saturated rings. The van der Waals surface area contributed by atoms with Crippen LogP contribution in [0.25, 0.3) is 0 Å². The third-order valence-corrected chi connectivity index (χ3v) is 6.99. The summed E-state index contributed by atoms with van der Waals surface area (Å²) < 4.78 is 55.6. The van der Waals surface area contributed by atoms with Gasteiger partial charge in [-0.05, 0) is 55.0 Å². The number of carbonyl (C=O) groups excluding carboxylic acids is 3. The summed E-state index contributed by atoms with van der Waals surface area (Å²) in [5.41, 5.74) is 0.397. The summed E-state index contributed by atoms with van der Waals surface area (Å²) in [4.78, 5) is 39.0. The Kier molecular flexibility index (Phi) is 7.82. The second-order valence-corrected chi connectivity index (χ2v) is 9.60. The van der Waals surface area contributed by atoms with Gasteiger partial charge in [0.2, 0.25) is 17.7 Å². The average Bonchev–Trinajstić information content (AvgIpc) is 2.96. The topological polar surface area (TPSA) is 87.3 Å². The number of benzene rings is 3. The lowest BCUT2D eigenvalue weighted by Crippen LogP contribution is -2.53. The van der Waals surface area contributed by atoms with E-state index in [1.54, 1.807) is 24.3 Å². The SMILES string of the molecule is C[C@H](NC(=O)Cc1cc(F)cc(F)c1)C(=O)N[C@H]1C(=O)Nc2ccccc2S[C@H]1c1cc(F)ccc1F. The van der Waals surface area contributed by atoms with Crippen molar-refractivity contribution in [3.8, 4) is 0 Å². The maximum atomic E-state index is 14.8. The molecule has 192 valence electrons. The Labute approximate surface area is 213 Å². The molecule has 0 saturated carbocycles. The lowest BCUT2D eigenvalue weighted by molar-refractivity contribution is -0.130. The maximum Gasteiger partial charge on any atom is 0.248 e. The Balaban J connectivity index is 1.54. The smallest absolute Gasteiger partial charge is 0.248 e. The van der Waals surface area contributed by atoms with Crippen molar-refractivity contribution in [3.63, 3.8) is 0 Å². The Morgan fingerprint density at radius 3 is 2.41 bits per heavy atom. The molecule has 37 heavy (non-hydrogen) atoms. The molecule has 1 heterocycles. The fourth-order valence-corrected chi connectivity index (χ4v) is 5.19. The summed E-state index contributed by atoms with van der Waals surface area (Å²) in [6.45, 7) is 1.35. The van der Waals surface area contributed by atoms with E-state index in [0.29, 0.717) is 16.6 Å². The Morgan fingerprint density at radius 2 is 1.68 bits per heavy atom. The molecule has 1 aliphatic rings. The van der Waals surface area contributed by atoms with E-state index in [9.17, 15) is 31.9 Å². The number of thioether (sulfide) groups is 1. The van der Waals surface area contributed by atoms with Crippen LogP contribution in [0.3, 0.4) is 0 Å². The van der Waals surface area contributed by atoms with Crippen LogP contribution in [-0.4, -0.2) is 29.8 Å². The molecule has 0 saturated heterocycles. The van der Waals surface area contributed by atoms with Gasteiger partial charge < -0.3 is 16.0 Å². The van der Waals surface area contributed by atoms with Gasteiger partial charge in [-0.25, -0.2) is 17.6 Å². The van der Waals surface area contributed by atoms with E-state index in [-0.39, 0.29) is 11.1 Å². The largest absolute Gasteiger partial charge is 0.344 e. The van der Waals surface area contributed by atoms with Crippen LogP contribution in [0.15, 0.2) is 65.6 Å². The van der Waals surface area contributed by atoms with Gasteiger partial charge in [0.05, 0.1) is 17.4 Å². The first-order valence-corrected chi connectivity index (χ1v) is 12.0. The molecule has 3 N–H and O–H groups in total. The van der Waals surface area contributed by atoms with Crippen LogP contribution in [0.2, 0.25) is 0 Å². The standard InChI is InChI=1S/C26H21F4N3O3S/c1-13(31-22(34)10-14-8-16(28)11-17(29)9-14)25(35)33-23-24(18-12-15(27)6-7-19(18)30)37-21-5-3-2-4-20(21)32-26(23)36/h2-9,11-13,23-24H,10H2,1H3,(H,31,34)(H,32,36)(H,33,35)/t13-,23+,24-/m0/s1. The van der Waals surface area contributed by atoms with Crippen molar-refractivity contribution in [1.82, 2.24) is 10.6 Å². The van der Waals surface area contributed by atoms with Crippen LogP contribution < -0.4 is 16.0 Å². The average molecular weight is 532 g/mol. The van der Waals surface area contributed by atoms with Crippen molar-refractivity contribution >= 4 is 35.2 Å². The van der Waals surface area contributed by atoms with Gasteiger partial charge in [0, 0.05) is 16.5 Å². The van der Waals surface area contributed by atoms with E-state index in [2.05, 4.69) is 16.0 Å². The van der Waals surface area contributed by atoms with E-state index >= 15 is 0 Å². The molecule has 0 bridgehead atoms. The number of hydrogen-bond donors (Lipinski definition) is 3. The highest BCUT2D eigenvalue weighted by Crippen LogP contribution is 2.44. The van der Waals surface area contributed by atoms with Crippen molar-refractivity contribution in [3.05, 3.63) is 95.1 Å². The molecule has 3 aromatic carbocycles. The Hall–Kier alpha value is -3.86. The second-order valence-electron chi connectivity index (χ2n) is 8.42. The summed E-state index contributed by atoms with van der Waals surface area (Å²) >= 11 is 1.07. The van der Waals surface area contributed by atoms with Crippen LogP contribution in [0.4, 0.5) is 23.2 Å². The van der Waals surface area contributed by atoms with Crippen LogP contribution in [-0.2, 0) is 20.8 Å². The van der Waals surface area contributed by atoms with Gasteiger partial charge in [-0.15, -0.1) is 11.8 Å². The molecule has 11 heteroatoms. The number of anilines is 1. The number of carbonyl (C=O) groups is 3. The number of amides is 3. The fraction of sp³-hybridized carbons (Fsp3) is 0.192. The van der Waals surface area contributed by atoms with Gasteiger partial charge >= 0.3 is 0 Å². The highest BCUT2D eigenvalue weighted by atomic mass is 32.2. The first-order chi connectivity index (χ1) is 17.6. The number of halogens is 4. The maximum absolute atomic E-state index is 14.8. The summed E-state index contributed by atoms with van der Waals surface area (Å²) in [6, 6.07) is 9.78. The van der Waals surface area contributed by atoms with Gasteiger partial charge in [-0.2, -0.15) is 0 Å². The minimum Gasteiger partial charge on any atom is -0.344 e. The van der Waals surface area contributed by atoms with Crippen molar-refractivity contribution in [1.29, 1.82) is 0 Å². The highest BCUT2D eigenvalue weighted by Gasteiger charge is 2.38. The normalized spacial score (nSPS) is 17.7. The molecule has 3 amide bonds. The molecule has 3 atom stereocenters. The van der Waals surface area contributed by atoms with E-state index in [1.165, 1.54) is 6.92 Å². The molecular weight excluding hydrogens is 510 g/mol. The molecular formula is C26H21F4N3O3S. The van der Waals surface area contributed by atoms with Crippen LogP contribution >= 0.6 is 11.8 Å². The third kappa shape index (κ3) is 6.29. The summed E-state index contributed by atoms with van der Waals surface area (Å²) in [5, 5.41) is 6.59. The van der Waals surface area contributed by atoms with E-state index < -0.39 is 64.7 Å². The van der Waals surface area contributed by atoms with E-state index in [1.807, 2.05) is 0 Å². The predicted octanol–water partition coefficient (Wildman–Crippen LogP) is 4.26. The first-order valence-electron chi connectivity index (χ1n) is 11.2. The van der Waals surface area contributed by atoms with E-state index in [4.69, 9.17) is 0 Å². The lowest BCUT2D eigenvalue weighted by Gasteiger charge is -2.26. The molecule has 6 nitrogen and oxygen atoms in total. The number of fused-ring (bicyclic) bond motifs is 1. The predicted molar refractivity (Wildman–Crippen MR) is 130 cm³/mol. The molecule has 3 aromatic rings. The molecule has 4 rings (SSSR count). The monoisotopic (exact) mass is 531 g/mol. The molecule has 0 spiro atoms. The summed E-state index contributed by atoms with van der Waals surface area (Å²) in [7, 11) is 0. The Bertz CT molecular complexity index is 1350. The zero-order valence-corrected chi connectivity index (χ0v) is 20.2. The lowest BCUT2D eigenvalue weighted by atomic mass is 10.0. The van der Waals surface area contributed by atoms with Crippen molar-refractivity contribution in [2.45, 2.75) is 35.6 Å². The van der Waals surface area contributed by atoms with Gasteiger partial charge in [-0.3, -0.25) is 14.4 Å². The molecule has 0 unspecified atom stereocenters. The fourth-order valence-electron chi connectivity index (χ4n) is 3.88. The number of para-hydroxylation sites is 1. The number of nitrogens with one attached hydrogen (secondary N) is 3. The minimum absolute atomic E-state index is 0.0709. The van der Waals surface area contributed by atoms with Crippen molar-refractivity contribution in [2.24, 2.45) is 0 Å². The van der Waals surface area contributed by atoms with Gasteiger partial charge in [-0.1, -0.05) is 12.1 Å². The molecule has 0 radical (unpaired) electrons. The number of rotatable bonds is 6. The van der Waals surface area contributed by atoms with Crippen LogP contribution in [0.1, 0.15) is 23.3 Å². The highest BCUT2D eigenvalue weighted by molar-refractivity contribution is 7.99. The quantitative estimate of drug-likeness (QED) is 0.415. The minimum atomic E-state index is -1.34. The molecule has 0 aromatic heterocycles. The zero-order valence-electron chi connectivity index (χ0n) is 19.4. The molecule has 1 aliphatic heterocycles. The van der Waals surface area contributed by atoms with Gasteiger partial charge in [0.25, 0.3) is 0 Å². The number of hydrogen-bond acceptors (Lipinski definition) is 4. The van der Waals surface area contributed by atoms with Gasteiger partial charge in [0.15, 0.2) is 0 Å². The van der Waals surface area contributed by atoms with E-state index in [0.717, 1.165) is 42.1 Å². The third-order valence-electron chi connectivity index (χ3n) is 5.60. The first kappa shape index (κ1) is 26.2. The zero-order chi connectivity index (χ0) is 26.7. The van der Waals surface area contributed by atoms with Crippen molar-refractivity contribution < 1.29 is 31.9 Å². The summed E-state index contributed by atoms with van der Waals surface area (Å²) in [6.07, 6.45) is -0.390. The van der Waals surface area contributed by atoms with Crippen molar-refractivity contribution in [2.75, 3.05) is 5.32 Å². The van der Waals surface area contributed by atoms with Crippen LogP contribution in [0, 0.1) is 23.3 Å². The summed E-state index contributed by atoms with van der Waals surface area (Å²) in [5.74, 6) is -5.28. The Morgan fingerprint density at radius 1 is 0.973 bits per heavy atom. The molecule has 0 aliphatic carbocycles.